The van der Waals surface area contributed by atoms with Crippen LogP contribution in [0.2, 0.25) is 0 Å². The monoisotopic (exact) mass is 288 g/mol. The Morgan fingerprint density at radius 2 is 2.11 bits per heavy atom. The van der Waals surface area contributed by atoms with E-state index in [1.807, 2.05) is 18.2 Å². The molecule has 0 unspecified atom stereocenters. The molecule has 0 amide bonds. The average Bonchev–Trinajstić information content (AvgIpc) is 2.81. The van der Waals surface area contributed by atoms with Gasteiger partial charge in [-0.15, -0.1) is 11.3 Å². The van der Waals surface area contributed by atoms with Crippen LogP contribution in [0.4, 0.5) is 5.82 Å². The maximum Gasteiger partial charge on any atom is 0.157 e. The zero-order valence-electron chi connectivity index (χ0n) is 10.3. The molecule has 1 aromatic carbocycles. The van der Waals surface area contributed by atoms with Gasteiger partial charge in [0.15, 0.2) is 4.34 Å². The van der Waals surface area contributed by atoms with Crippen LogP contribution in [0.3, 0.4) is 0 Å². The Balaban J connectivity index is 1.99. The predicted molar refractivity (Wildman–Crippen MR) is 79.6 cm³/mol. The van der Waals surface area contributed by atoms with E-state index >= 15 is 0 Å². The first-order chi connectivity index (χ1) is 9.28. The zero-order chi connectivity index (χ0) is 13.2. The lowest BCUT2D eigenvalue weighted by molar-refractivity contribution is 0.952. The number of nitrogen functional groups attached to an aromatic ring is 1. The normalized spacial score (nSPS) is 11.0. The molecule has 96 valence electrons. The fourth-order valence-corrected chi connectivity index (χ4v) is 3.96. The lowest BCUT2D eigenvalue weighted by Crippen LogP contribution is -2.00. The van der Waals surface area contributed by atoms with Crippen LogP contribution in [0, 0.1) is 0 Å². The number of thiazole rings is 1. The first kappa shape index (κ1) is 12.4. The number of para-hydroxylation sites is 1. The molecule has 0 aliphatic heterocycles. The molecule has 2 heterocycles. The van der Waals surface area contributed by atoms with Gasteiger partial charge in [-0.05, 0) is 30.3 Å². The number of hydrogen-bond donors (Lipinski definition) is 1. The standard InChI is InChI=1S/C13H12N4S2/c1-2-8-11(14)15-7-16-12(8)19-13-17-9-5-3-4-6-10(9)18-13/h3-7H,2H2,1H3,(H2,14,15,16). The molecule has 0 saturated carbocycles. The van der Waals surface area contributed by atoms with Crippen LogP contribution < -0.4 is 5.73 Å². The summed E-state index contributed by atoms with van der Waals surface area (Å²) in [4.78, 5) is 12.9. The van der Waals surface area contributed by atoms with Gasteiger partial charge in [-0.25, -0.2) is 15.0 Å². The summed E-state index contributed by atoms with van der Waals surface area (Å²) in [6.45, 7) is 2.05. The van der Waals surface area contributed by atoms with E-state index in [-0.39, 0.29) is 0 Å². The quantitative estimate of drug-likeness (QED) is 0.748. The molecule has 0 fully saturated rings. The van der Waals surface area contributed by atoms with Crippen molar-refractivity contribution in [2.45, 2.75) is 22.7 Å². The SMILES string of the molecule is CCc1c(N)ncnc1Sc1nc2ccccc2s1. The number of nitrogens with zero attached hydrogens (tertiary/aromatic N) is 3. The van der Waals surface area contributed by atoms with Gasteiger partial charge in [-0.2, -0.15) is 0 Å². The summed E-state index contributed by atoms with van der Waals surface area (Å²) < 4.78 is 2.17. The second kappa shape index (κ2) is 5.14. The highest BCUT2D eigenvalue weighted by Gasteiger charge is 2.11. The molecule has 3 aromatic rings. The largest absolute Gasteiger partial charge is 0.383 e. The molecule has 4 nitrogen and oxygen atoms in total. The maximum atomic E-state index is 5.88. The Labute approximate surface area is 119 Å². The molecule has 6 heteroatoms. The Bertz CT molecular complexity index is 690. The average molecular weight is 288 g/mol. The van der Waals surface area contributed by atoms with Crippen molar-refractivity contribution in [2.75, 3.05) is 5.73 Å². The molecule has 0 bridgehead atoms. The van der Waals surface area contributed by atoms with Gasteiger partial charge in [0.05, 0.1) is 10.2 Å². The van der Waals surface area contributed by atoms with Crippen molar-refractivity contribution in [1.82, 2.24) is 15.0 Å². The van der Waals surface area contributed by atoms with Gasteiger partial charge in [-0.3, -0.25) is 0 Å². The van der Waals surface area contributed by atoms with Crippen molar-refractivity contribution in [2.24, 2.45) is 0 Å². The molecular weight excluding hydrogens is 276 g/mol. The Morgan fingerprint density at radius 1 is 1.26 bits per heavy atom. The lowest BCUT2D eigenvalue weighted by Gasteiger charge is -2.05. The number of rotatable bonds is 3. The number of hydrogen-bond acceptors (Lipinski definition) is 6. The van der Waals surface area contributed by atoms with E-state index in [2.05, 4.69) is 27.9 Å². The van der Waals surface area contributed by atoms with Crippen LogP contribution >= 0.6 is 23.1 Å². The molecule has 3 rings (SSSR count). The molecule has 0 aliphatic carbocycles. The van der Waals surface area contributed by atoms with E-state index in [9.17, 15) is 0 Å². The van der Waals surface area contributed by atoms with Crippen LogP contribution in [0.5, 0.6) is 0 Å². The molecule has 0 aliphatic rings. The van der Waals surface area contributed by atoms with Gasteiger partial charge in [-0.1, -0.05) is 19.1 Å². The van der Waals surface area contributed by atoms with Crippen molar-refractivity contribution < 1.29 is 0 Å². The van der Waals surface area contributed by atoms with E-state index in [1.165, 1.54) is 11.0 Å². The lowest BCUT2D eigenvalue weighted by atomic mass is 10.2. The minimum absolute atomic E-state index is 0.557. The van der Waals surface area contributed by atoms with Crippen LogP contribution in [0.1, 0.15) is 12.5 Å². The van der Waals surface area contributed by atoms with E-state index in [4.69, 9.17) is 5.73 Å². The van der Waals surface area contributed by atoms with E-state index in [0.29, 0.717) is 5.82 Å². The third-order valence-corrected chi connectivity index (χ3v) is 4.89. The van der Waals surface area contributed by atoms with Gasteiger partial charge < -0.3 is 5.73 Å². The number of benzene rings is 1. The molecule has 2 aromatic heterocycles. The highest BCUT2D eigenvalue weighted by Crippen LogP contribution is 2.35. The first-order valence-corrected chi connectivity index (χ1v) is 7.54. The zero-order valence-corrected chi connectivity index (χ0v) is 12.0. The highest BCUT2D eigenvalue weighted by molar-refractivity contribution is 8.01. The van der Waals surface area contributed by atoms with Crippen LogP contribution in [-0.4, -0.2) is 15.0 Å². The minimum atomic E-state index is 0.557. The summed E-state index contributed by atoms with van der Waals surface area (Å²) in [5.41, 5.74) is 7.89. The fourth-order valence-electron chi connectivity index (χ4n) is 1.81. The smallest absolute Gasteiger partial charge is 0.157 e. The summed E-state index contributed by atoms with van der Waals surface area (Å²) >= 11 is 3.22. The van der Waals surface area contributed by atoms with Gasteiger partial charge >= 0.3 is 0 Å². The van der Waals surface area contributed by atoms with Crippen LogP contribution in [0.25, 0.3) is 10.2 Å². The summed E-state index contributed by atoms with van der Waals surface area (Å²) in [6.07, 6.45) is 2.32. The second-order valence-corrected chi connectivity index (χ2v) is 6.21. The summed E-state index contributed by atoms with van der Waals surface area (Å²) in [6, 6.07) is 8.11. The second-order valence-electron chi connectivity index (χ2n) is 3.95. The van der Waals surface area contributed by atoms with Gasteiger partial charge in [0.25, 0.3) is 0 Å². The third-order valence-electron chi connectivity index (χ3n) is 2.75. The number of anilines is 1. The third kappa shape index (κ3) is 2.41. The number of nitrogens with two attached hydrogens (primary N) is 1. The number of aromatic nitrogens is 3. The maximum absolute atomic E-state index is 5.88. The van der Waals surface area contributed by atoms with Crippen molar-refractivity contribution in [3.05, 3.63) is 36.2 Å². The van der Waals surface area contributed by atoms with Crippen molar-refractivity contribution in [3.63, 3.8) is 0 Å². The molecule has 0 atom stereocenters. The van der Waals surface area contributed by atoms with E-state index < -0.39 is 0 Å². The molecular formula is C13H12N4S2. The highest BCUT2D eigenvalue weighted by atomic mass is 32.2. The van der Waals surface area contributed by atoms with E-state index in [1.54, 1.807) is 23.1 Å². The van der Waals surface area contributed by atoms with Gasteiger partial charge in [0.2, 0.25) is 0 Å². The summed E-state index contributed by atoms with van der Waals surface area (Å²) in [5.74, 6) is 0.557. The molecule has 0 saturated heterocycles. The molecule has 0 spiro atoms. The van der Waals surface area contributed by atoms with Gasteiger partial charge in [0.1, 0.15) is 17.2 Å². The van der Waals surface area contributed by atoms with Crippen molar-refractivity contribution in [1.29, 1.82) is 0 Å². The predicted octanol–water partition coefficient (Wildman–Crippen LogP) is 3.38. The minimum Gasteiger partial charge on any atom is -0.383 e. The van der Waals surface area contributed by atoms with Crippen molar-refractivity contribution >= 4 is 39.1 Å². The molecule has 19 heavy (non-hydrogen) atoms. The Hall–Kier alpha value is -1.66. The Kier molecular flexibility index (Phi) is 3.35. The van der Waals surface area contributed by atoms with E-state index in [0.717, 1.165) is 26.9 Å². The summed E-state index contributed by atoms with van der Waals surface area (Å²) in [5, 5.41) is 0.897. The fraction of sp³-hybridized carbons (Fsp3) is 0.154. The Morgan fingerprint density at radius 3 is 2.89 bits per heavy atom. The van der Waals surface area contributed by atoms with Crippen molar-refractivity contribution in [3.8, 4) is 0 Å². The molecule has 2 N–H and O–H groups in total. The topological polar surface area (TPSA) is 64.7 Å². The van der Waals surface area contributed by atoms with Gasteiger partial charge in [0, 0.05) is 5.56 Å². The van der Waals surface area contributed by atoms with Crippen LogP contribution in [0.15, 0.2) is 40.0 Å². The molecule has 0 radical (unpaired) electrons. The number of fused-ring (bicyclic) bond motifs is 1. The van der Waals surface area contributed by atoms with Crippen LogP contribution in [-0.2, 0) is 6.42 Å². The summed E-state index contributed by atoms with van der Waals surface area (Å²) in [7, 11) is 0. The first-order valence-electron chi connectivity index (χ1n) is 5.90.